The molecule has 0 unspecified atom stereocenters. The van der Waals surface area contributed by atoms with E-state index in [4.69, 9.17) is 9.84 Å². The number of anilines is 2. The first-order valence-corrected chi connectivity index (χ1v) is 10.7. The number of fused-ring (bicyclic) bond motifs is 1. The van der Waals surface area contributed by atoms with E-state index in [-0.39, 0.29) is 11.7 Å². The molecule has 2 saturated heterocycles. The average Bonchev–Trinajstić information content (AvgIpc) is 3.18. The third-order valence-electron chi connectivity index (χ3n) is 5.82. The van der Waals surface area contributed by atoms with Crippen LogP contribution in [0.4, 0.5) is 25.3 Å². The lowest BCUT2D eigenvalue weighted by atomic mass is 10.0. The van der Waals surface area contributed by atoms with E-state index in [9.17, 15) is 13.6 Å². The highest BCUT2D eigenvalue weighted by Gasteiger charge is 2.30. The second kappa shape index (κ2) is 8.77. The molecule has 5 rings (SSSR count). The van der Waals surface area contributed by atoms with Gasteiger partial charge < -0.3 is 25.0 Å². The lowest BCUT2D eigenvalue weighted by Gasteiger charge is -2.37. The first kappa shape index (κ1) is 21.3. The second-order valence-corrected chi connectivity index (χ2v) is 8.04. The largest absolute Gasteiger partial charge is 0.465 e. The van der Waals surface area contributed by atoms with Gasteiger partial charge >= 0.3 is 6.09 Å². The van der Waals surface area contributed by atoms with E-state index < -0.39 is 12.5 Å². The monoisotopic (exact) mass is 459 g/mol. The predicted octanol–water partition coefficient (Wildman–Crippen LogP) is 2.61. The predicted molar refractivity (Wildman–Crippen MR) is 116 cm³/mol. The number of hydrogen-bond acceptors (Lipinski definition) is 7. The summed E-state index contributed by atoms with van der Waals surface area (Å²) >= 11 is 0. The minimum absolute atomic E-state index is 0.130. The Morgan fingerprint density at radius 3 is 2.61 bits per heavy atom. The molecule has 12 heteroatoms. The number of morpholine rings is 1. The van der Waals surface area contributed by atoms with Gasteiger partial charge in [0.15, 0.2) is 5.82 Å². The Kier molecular flexibility index (Phi) is 5.67. The summed E-state index contributed by atoms with van der Waals surface area (Å²) in [6.07, 6.45) is -3.72. The molecule has 0 bridgehead atoms. The molecule has 174 valence electrons. The summed E-state index contributed by atoms with van der Waals surface area (Å²) in [4.78, 5) is 27.6. The molecule has 0 atom stereocenters. The number of amides is 1. The van der Waals surface area contributed by atoms with Crippen LogP contribution in [-0.4, -0.2) is 81.6 Å². The maximum Gasteiger partial charge on any atom is 0.407 e. The summed E-state index contributed by atoms with van der Waals surface area (Å²) in [6, 6.07) is 8.62. The van der Waals surface area contributed by atoms with Crippen molar-refractivity contribution in [3.8, 4) is 5.82 Å². The molecule has 2 aliphatic heterocycles. The van der Waals surface area contributed by atoms with Crippen LogP contribution >= 0.6 is 0 Å². The van der Waals surface area contributed by atoms with Gasteiger partial charge in [-0.25, -0.2) is 18.6 Å². The molecule has 1 aromatic carbocycles. The number of hydrogen-bond donors (Lipinski definition) is 2. The number of rotatable bonds is 6. The van der Waals surface area contributed by atoms with Gasteiger partial charge in [-0.05, 0) is 12.1 Å². The summed E-state index contributed by atoms with van der Waals surface area (Å²) < 4.78 is 34.6. The van der Waals surface area contributed by atoms with Gasteiger partial charge in [-0.3, -0.25) is 4.57 Å². The first-order valence-electron chi connectivity index (χ1n) is 10.7. The quantitative estimate of drug-likeness (QED) is 0.579. The fourth-order valence-electron chi connectivity index (χ4n) is 4.09. The number of para-hydroxylation sites is 2. The van der Waals surface area contributed by atoms with Crippen LogP contribution in [0.5, 0.6) is 0 Å². The lowest BCUT2D eigenvalue weighted by Crippen LogP contribution is -2.51. The highest BCUT2D eigenvalue weighted by atomic mass is 19.3. The minimum atomic E-state index is -2.78. The molecule has 0 saturated carbocycles. The number of aromatic nitrogens is 4. The van der Waals surface area contributed by atoms with Crippen LogP contribution in [0.3, 0.4) is 0 Å². The van der Waals surface area contributed by atoms with Crippen LogP contribution in [0, 0.1) is 5.92 Å². The molecule has 3 aromatic rings. The molecular formula is C21H23F2N7O3. The molecule has 4 heterocycles. The van der Waals surface area contributed by atoms with Crippen molar-refractivity contribution in [3.05, 3.63) is 36.2 Å². The van der Waals surface area contributed by atoms with Crippen molar-refractivity contribution in [1.29, 1.82) is 0 Å². The van der Waals surface area contributed by atoms with E-state index in [0.29, 0.717) is 74.6 Å². The average molecular weight is 459 g/mol. The molecule has 33 heavy (non-hydrogen) atoms. The van der Waals surface area contributed by atoms with Crippen molar-refractivity contribution in [2.45, 2.75) is 6.43 Å². The summed E-state index contributed by atoms with van der Waals surface area (Å²) in [5.41, 5.74) is 0.985. The summed E-state index contributed by atoms with van der Waals surface area (Å²) in [7, 11) is 0. The summed E-state index contributed by atoms with van der Waals surface area (Å²) in [5.74, 6) is 0.930. The van der Waals surface area contributed by atoms with Gasteiger partial charge in [0.2, 0.25) is 5.95 Å². The van der Waals surface area contributed by atoms with E-state index in [1.807, 2.05) is 4.90 Å². The molecule has 1 amide bonds. The molecule has 2 aliphatic rings. The Bertz CT molecular complexity index is 1160. The topological polar surface area (TPSA) is 109 Å². The fraction of sp³-hybridized carbons (Fsp3) is 0.429. The number of imidazole rings is 1. The number of nitrogens with one attached hydrogen (secondary N) is 1. The standard InChI is InChI=1S/C21H23F2N7O3/c22-18(23)19-25-14-3-1-2-4-15(14)30(19)17-9-16(28-5-7-33-8-6-28)26-20(27-17)24-10-13-11-29(12-13)21(31)32/h1-4,9,13,18H,5-8,10-12H2,(H,31,32)(H,24,26,27). The Morgan fingerprint density at radius 1 is 1.15 bits per heavy atom. The number of alkyl halides is 2. The summed E-state index contributed by atoms with van der Waals surface area (Å²) in [6.45, 7) is 3.68. The van der Waals surface area contributed by atoms with Gasteiger partial charge in [0.05, 0.1) is 24.2 Å². The van der Waals surface area contributed by atoms with Gasteiger partial charge in [-0.15, -0.1) is 0 Å². The molecule has 2 aromatic heterocycles. The zero-order chi connectivity index (χ0) is 22.9. The van der Waals surface area contributed by atoms with Gasteiger partial charge in [-0.2, -0.15) is 9.97 Å². The third kappa shape index (κ3) is 4.25. The van der Waals surface area contributed by atoms with Crippen molar-refractivity contribution >= 4 is 28.9 Å². The third-order valence-corrected chi connectivity index (χ3v) is 5.82. The van der Waals surface area contributed by atoms with Gasteiger partial charge in [0.25, 0.3) is 6.43 Å². The van der Waals surface area contributed by atoms with Crippen LogP contribution in [0.1, 0.15) is 12.2 Å². The van der Waals surface area contributed by atoms with E-state index in [0.717, 1.165) is 0 Å². The zero-order valence-corrected chi connectivity index (χ0v) is 17.7. The molecule has 0 spiro atoms. The highest BCUT2D eigenvalue weighted by Crippen LogP contribution is 2.29. The normalized spacial score (nSPS) is 16.9. The molecule has 2 N–H and O–H groups in total. The number of nitrogens with zero attached hydrogens (tertiary/aromatic N) is 6. The number of benzene rings is 1. The van der Waals surface area contributed by atoms with Crippen molar-refractivity contribution in [2.75, 3.05) is 56.2 Å². The van der Waals surface area contributed by atoms with Crippen molar-refractivity contribution in [1.82, 2.24) is 24.4 Å². The molecule has 10 nitrogen and oxygen atoms in total. The van der Waals surface area contributed by atoms with Crippen LogP contribution in [0.15, 0.2) is 30.3 Å². The number of carbonyl (C=O) groups is 1. The maximum atomic E-state index is 13.9. The van der Waals surface area contributed by atoms with E-state index in [2.05, 4.69) is 20.3 Å². The smallest absolute Gasteiger partial charge is 0.407 e. The molecule has 0 radical (unpaired) electrons. The van der Waals surface area contributed by atoms with Gasteiger partial charge in [-0.1, -0.05) is 12.1 Å². The van der Waals surface area contributed by atoms with Crippen LogP contribution in [0.2, 0.25) is 0 Å². The van der Waals surface area contributed by atoms with Crippen molar-refractivity contribution in [2.24, 2.45) is 5.92 Å². The van der Waals surface area contributed by atoms with Gasteiger partial charge in [0.1, 0.15) is 11.6 Å². The van der Waals surface area contributed by atoms with E-state index in [1.165, 1.54) is 9.47 Å². The first-order chi connectivity index (χ1) is 16.0. The Balaban J connectivity index is 1.50. The maximum absolute atomic E-state index is 13.9. The van der Waals surface area contributed by atoms with Crippen LogP contribution in [-0.2, 0) is 4.74 Å². The summed E-state index contributed by atoms with van der Waals surface area (Å²) in [5, 5.41) is 12.2. The molecule has 0 aliphatic carbocycles. The minimum Gasteiger partial charge on any atom is -0.465 e. The van der Waals surface area contributed by atoms with Crippen molar-refractivity contribution < 1.29 is 23.4 Å². The Labute approximate surface area is 187 Å². The number of likely N-dealkylation sites (tertiary alicyclic amines) is 1. The Morgan fingerprint density at radius 2 is 1.88 bits per heavy atom. The van der Waals surface area contributed by atoms with Crippen molar-refractivity contribution in [3.63, 3.8) is 0 Å². The van der Waals surface area contributed by atoms with E-state index >= 15 is 0 Å². The highest BCUT2D eigenvalue weighted by molar-refractivity contribution is 5.78. The van der Waals surface area contributed by atoms with Crippen LogP contribution < -0.4 is 10.2 Å². The Hall–Kier alpha value is -3.54. The van der Waals surface area contributed by atoms with Crippen LogP contribution in [0.25, 0.3) is 16.9 Å². The molecular weight excluding hydrogens is 436 g/mol. The lowest BCUT2D eigenvalue weighted by molar-refractivity contribution is 0.0863. The number of halogens is 2. The SMILES string of the molecule is O=C(O)N1CC(CNc2nc(N3CCOCC3)cc(-n3c(C(F)F)nc4ccccc43)n2)C1. The zero-order valence-electron chi connectivity index (χ0n) is 17.7. The van der Waals surface area contributed by atoms with E-state index in [1.54, 1.807) is 30.3 Å². The number of carboxylic acid groups (broad SMARTS) is 1. The number of ether oxygens (including phenoxy) is 1. The fourth-order valence-corrected chi connectivity index (χ4v) is 4.09. The van der Waals surface area contributed by atoms with Gasteiger partial charge in [0, 0.05) is 44.7 Å². The second-order valence-electron chi connectivity index (χ2n) is 8.04. The molecule has 2 fully saturated rings.